The Hall–Kier alpha value is -1.47. The van der Waals surface area contributed by atoms with E-state index < -0.39 is 6.10 Å². The van der Waals surface area contributed by atoms with Crippen molar-refractivity contribution in [1.29, 1.82) is 0 Å². The normalized spacial score (nSPS) is 25.0. The molecule has 1 atom stereocenters. The molecule has 7 heteroatoms. The Morgan fingerprint density at radius 1 is 1.53 bits per heavy atom. The maximum atomic E-state index is 11.8. The third-order valence-corrected chi connectivity index (χ3v) is 3.14. The van der Waals surface area contributed by atoms with Gasteiger partial charge in [0.2, 0.25) is 5.89 Å². The fourth-order valence-electron chi connectivity index (χ4n) is 2.12. The maximum absolute atomic E-state index is 11.8. The molecular weight excluding hydrogens is 224 g/mol. The van der Waals surface area contributed by atoms with Crippen LogP contribution in [0.25, 0.3) is 0 Å². The second-order valence-corrected chi connectivity index (χ2v) is 4.47. The quantitative estimate of drug-likeness (QED) is 0.708. The Morgan fingerprint density at radius 2 is 2.35 bits per heavy atom. The molecule has 17 heavy (non-hydrogen) atoms. The van der Waals surface area contributed by atoms with Gasteiger partial charge in [-0.25, -0.2) is 0 Å². The van der Waals surface area contributed by atoms with Gasteiger partial charge in [-0.05, 0) is 19.4 Å². The Bertz CT molecular complexity index is 421. The molecule has 0 spiro atoms. The first-order chi connectivity index (χ1) is 8.24. The third-order valence-electron chi connectivity index (χ3n) is 3.14. The Labute approximate surface area is 97.8 Å². The van der Waals surface area contributed by atoms with Gasteiger partial charge in [0.1, 0.15) is 0 Å². The first kappa shape index (κ1) is 10.7. The number of nitrogens with one attached hydrogen (secondary N) is 1. The van der Waals surface area contributed by atoms with Gasteiger partial charge in [-0.3, -0.25) is 4.79 Å². The zero-order valence-corrected chi connectivity index (χ0v) is 9.30. The lowest BCUT2D eigenvalue weighted by molar-refractivity contribution is 0.00489. The number of aliphatic hydroxyl groups is 1. The van der Waals surface area contributed by atoms with Crippen molar-refractivity contribution >= 4 is 5.91 Å². The number of likely N-dealkylation sites (tertiary alicyclic amines) is 1. The highest BCUT2D eigenvalue weighted by molar-refractivity contribution is 5.90. The first-order valence-corrected chi connectivity index (χ1v) is 5.78. The Kier molecular flexibility index (Phi) is 2.56. The smallest absolute Gasteiger partial charge is 0.295 e. The molecule has 1 aromatic heterocycles. The van der Waals surface area contributed by atoms with E-state index in [1.807, 2.05) is 0 Å². The number of nitrogens with zero attached hydrogens (tertiary/aromatic N) is 3. The summed E-state index contributed by atoms with van der Waals surface area (Å²) >= 11 is 0. The molecule has 0 radical (unpaired) electrons. The number of hydrogen-bond donors (Lipinski definition) is 2. The number of rotatable bonds is 2. The molecule has 2 aliphatic rings. The average Bonchev–Trinajstić information content (AvgIpc) is 2.92. The van der Waals surface area contributed by atoms with Crippen molar-refractivity contribution in [3.8, 4) is 0 Å². The number of hydrogen-bond acceptors (Lipinski definition) is 6. The maximum Gasteiger partial charge on any atom is 0.295 e. The first-order valence-electron chi connectivity index (χ1n) is 5.78. The molecule has 2 saturated heterocycles. The summed E-state index contributed by atoms with van der Waals surface area (Å²) in [6.07, 6.45) is 1.62. The summed E-state index contributed by atoms with van der Waals surface area (Å²) in [5.74, 6) is 0.288. The van der Waals surface area contributed by atoms with Crippen LogP contribution < -0.4 is 5.32 Å². The fraction of sp³-hybridized carbons (Fsp3) is 0.700. The fourth-order valence-corrected chi connectivity index (χ4v) is 2.12. The molecule has 1 amide bonds. The van der Waals surface area contributed by atoms with Gasteiger partial charge in [-0.2, -0.15) is 4.98 Å². The Balaban J connectivity index is 1.69. The van der Waals surface area contributed by atoms with Gasteiger partial charge in [-0.15, -0.1) is 0 Å². The van der Waals surface area contributed by atoms with Gasteiger partial charge in [0, 0.05) is 13.1 Å². The molecule has 0 saturated carbocycles. The number of aliphatic hydroxyl groups excluding tert-OH is 1. The summed E-state index contributed by atoms with van der Waals surface area (Å²) < 4.78 is 5.08. The van der Waals surface area contributed by atoms with Crippen LogP contribution in [0.15, 0.2) is 4.52 Å². The lowest BCUT2D eigenvalue weighted by Crippen LogP contribution is -2.53. The molecular formula is C10H14N4O3. The summed E-state index contributed by atoms with van der Waals surface area (Å²) in [6, 6.07) is 0.0750. The molecule has 92 valence electrons. The van der Waals surface area contributed by atoms with E-state index in [-0.39, 0.29) is 17.8 Å². The highest BCUT2D eigenvalue weighted by Gasteiger charge is 2.33. The standard InChI is InChI=1S/C10H14N4O3/c15-6-4-14(5-6)10(16)8-12-9(17-13-8)7-2-1-3-11-7/h6-7,11,15H,1-5H2. The van der Waals surface area contributed by atoms with Gasteiger partial charge in [0.05, 0.1) is 12.1 Å². The summed E-state index contributed by atoms with van der Waals surface area (Å²) in [5.41, 5.74) is 0. The van der Waals surface area contributed by atoms with Crippen molar-refractivity contribution in [2.45, 2.75) is 25.0 Å². The predicted molar refractivity (Wildman–Crippen MR) is 56.2 cm³/mol. The number of amides is 1. The molecule has 2 aliphatic heterocycles. The molecule has 3 heterocycles. The molecule has 0 aromatic carbocycles. The minimum Gasteiger partial charge on any atom is -0.389 e. The van der Waals surface area contributed by atoms with E-state index in [0.29, 0.717) is 19.0 Å². The molecule has 7 nitrogen and oxygen atoms in total. The van der Waals surface area contributed by atoms with E-state index in [9.17, 15) is 4.79 Å². The van der Waals surface area contributed by atoms with E-state index in [4.69, 9.17) is 9.63 Å². The number of aromatic nitrogens is 2. The summed E-state index contributed by atoms with van der Waals surface area (Å²) in [4.78, 5) is 17.4. The van der Waals surface area contributed by atoms with Crippen LogP contribution in [0.2, 0.25) is 0 Å². The molecule has 0 aliphatic carbocycles. The van der Waals surface area contributed by atoms with Crippen LogP contribution in [0.4, 0.5) is 0 Å². The van der Waals surface area contributed by atoms with Crippen LogP contribution in [0.5, 0.6) is 0 Å². The zero-order valence-electron chi connectivity index (χ0n) is 9.30. The average molecular weight is 238 g/mol. The van der Waals surface area contributed by atoms with Gasteiger partial charge in [0.25, 0.3) is 11.7 Å². The zero-order chi connectivity index (χ0) is 11.8. The Morgan fingerprint density at radius 3 is 3.00 bits per heavy atom. The topological polar surface area (TPSA) is 91.5 Å². The number of carbonyl (C=O) groups excluding carboxylic acids is 1. The minimum absolute atomic E-state index is 0.0750. The van der Waals surface area contributed by atoms with E-state index in [1.54, 1.807) is 0 Å². The molecule has 2 N–H and O–H groups in total. The predicted octanol–water partition coefficient (Wildman–Crippen LogP) is -0.689. The molecule has 3 rings (SSSR count). The van der Waals surface area contributed by atoms with Crippen molar-refractivity contribution in [2.75, 3.05) is 19.6 Å². The van der Waals surface area contributed by atoms with Crippen molar-refractivity contribution < 1.29 is 14.4 Å². The van der Waals surface area contributed by atoms with E-state index >= 15 is 0 Å². The van der Waals surface area contributed by atoms with Crippen LogP contribution >= 0.6 is 0 Å². The van der Waals surface area contributed by atoms with E-state index in [2.05, 4.69) is 15.5 Å². The largest absolute Gasteiger partial charge is 0.389 e. The van der Waals surface area contributed by atoms with Gasteiger partial charge >= 0.3 is 0 Å². The number of carbonyl (C=O) groups is 1. The van der Waals surface area contributed by atoms with Crippen molar-refractivity contribution in [1.82, 2.24) is 20.4 Å². The summed E-state index contributed by atoms with van der Waals surface area (Å²) in [6.45, 7) is 1.64. The van der Waals surface area contributed by atoms with Gasteiger partial charge < -0.3 is 19.8 Å². The number of β-amino-alcohol motifs (C(OH)–C–C–N with tert-alkyl or cyclic N) is 1. The molecule has 1 unspecified atom stereocenters. The van der Waals surface area contributed by atoms with Crippen LogP contribution in [-0.4, -0.2) is 51.8 Å². The van der Waals surface area contributed by atoms with Crippen molar-refractivity contribution in [3.63, 3.8) is 0 Å². The monoisotopic (exact) mass is 238 g/mol. The van der Waals surface area contributed by atoms with Crippen LogP contribution in [0, 0.1) is 0 Å². The summed E-state index contributed by atoms with van der Waals surface area (Å²) in [7, 11) is 0. The van der Waals surface area contributed by atoms with Crippen LogP contribution in [0.1, 0.15) is 35.4 Å². The highest BCUT2D eigenvalue weighted by Crippen LogP contribution is 2.21. The second-order valence-electron chi connectivity index (χ2n) is 4.47. The van der Waals surface area contributed by atoms with Gasteiger partial charge in [-0.1, -0.05) is 5.16 Å². The molecule has 2 fully saturated rings. The molecule has 1 aromatic rings. The van der Waals surface area contributed by atoms with E-state index in [0.717, 1.165) is 19.4 Å². The lowest BCUT2D eigenvalue weighted by atomic mass is 10.1. The third kappa shape index (κ3) is 1.91. The second kappa shape index (κ2) is 4.08. The highest BCUT2D eigenvalue weighted by atomic mass is 16.5. The minimum atomic E-state index is -0.415. The van der Waals surface area contributed by atoms with Crippen molar-refractivity contribution in [3.05, 3.63) is 11.7 Å². The van der Waals surface area contributed by atoms with Crippen LogP contribution in [0.3, 0.4) is 0 Å². The van der Waals surface area contributed by atoms with Crippen LogP contribution in [-0.2, 0) is 0 Å². The summed E-state index contributed by atoms with van der Waals surface area (Å²) in [5, 5.41) is 16.0. The molecule has 0 bridgehead atoms. The van der Waals surface area contributed by atoms with Gasteiger partial charge in [0.15, 0.2) is 0 Å². The SMILES string of the molecule is O=C(c1noc(C2CCCN2)n1)N1CC(O)C1. The van der Waals surface area contributed by atoms with E-state index in [1.165, 1.54) is 4.90 Å². The van der Waals surface area contributed by atoms with Crippen molar-refractivity contribution in [2.24, 2.45) is 0 Å². The lowest BCUT2D eigenvalue weighted by Gasteiger charge is -2.34.